The second-order valence-electron chi connectivity index (χ2n) is 14.1. The molecule has 0 radical (unpaired) electrons. The third-order valence-corrected chi connectivity index (χ3v) is 11.7. The zero-order valence-electron chi connectivity index (χ0n) is 24.3. The van der Waals surface area contributed by atoms with E-state index in [4.69, 9.17) is 0 Å². The highest BCUT2D eigenvalue weighted by molar-refractivity contribution is 5.03. The zero-order chi connectivity index (χ0) is 27.0. The molecule has 0 spiro atoms. The van der Waals surface area contributed by atoms with Crippen LogP contribution in [-0.4, -0.2) is 6.18 Å². The highest BCUT2D eigenvalue weighted by Gasteiger charge is 2.35. The van der Waals surface area contributed by atoms with Crippen LogP contribution in [0.1, 0.15) is 148 Å². The van der Waals surface area contributed by atoms with Gasteiger partial charge in [-0.05, 0) is 106 Å². The third kappa shape index (κ3) is 9.53. The Kier molecular flexibility index (Phi) is 11.9. The van der Waals surface area contributed by atoms with Gasteiger partial charge in [-0.3, -0.25) is 0 Å². The zero-order valence-corrected chi connectivity index (χ0v) is 24.3. The molecule has 4 aliphatic carbocycles. The number of unbranched alkanes of at least 4 members (excludes halogenated alkanes) is 2. The van der Waals surface area contributed by atoms with E-state index in [1.54, 1.807) is 0 Å². The van der Waals surface area contributed by atoms with E-state index in [1.807, 2.05) is 0 Å². The molecule has 0 amide bonds. The predicted octanol–water partition coefficient (Wildman–Crippen LogP) is 12.0. The monoisotopic (exact) mass is 540 g/mol. The van der Waals surface area contributed by atoms with E-state index in [9.17, 15) is 17.6 Å². The first-order valence-corrected chi connectivity index (χ1v) is 16.8. The highest BCUT2D eigenvalue weighted by Crippen LogP contribution is 2.46. The Morgan fingerprint density at radius 2 is 0.921 bits per heavy atom. The predicted molar refractivity (Wildman–Crippen MR) is 150 cm³/mol. The Morgan fingerprint density at radius 3 is 1.29 bits per heavy atom. The molecule has 0 heterocycles. The van der Waals surface area contributed by atoms with Gasteiger partial charge in [0.05, 0.1) is 6.08 Å². The van der Waals surface area contributed by atoms with E-state index in [1.165, 1.54) is 116 Å². The van der Waals surface area contributed by atoms with Crippen LogP contribution >= 0.6 is 0 Å². The summed E-state index contributed by atoms with van der Waals surface area (Å²) < 4.78 is 51.4. The molecule has 0 aromatic rings. The lowest BCUT2D eigenvalue weighted by atomic mass is 9.67. The number of rotatable bonds is 10. The molecule has 4 fully saturated rings. The molecule has 38 heavy (non-hydrogen) atoms. The van der Waals surface area contributed by atoms with E-state index in [-0.39, 0.29) is 6.08 Å². The van der Waals surface area contributed by atoms with Crippen LogP contribution in [0.25, 0.3) is 0 Å². The molecule has 0 saturated heterocycles. The van der Waals surface area contributed by atoms with Gasteiger partial charge in [-0.25, -0.2) is 4.39 Å². The standard InChI is InChI=1S/C34H56F4/c1-2-3-4-5-25-8-14-28(15-9-25)29-16-10-26(11-17-29)6-7-27-12-18-30(19-13-27)31-20-22-32(23-21-31)33(35)24-34(36,37)38/h24-32H,2-23H2,1H3/b33-24-. The first kappa shape index (κ1) is 30.4. The summed E-state index contributed by atoms with van der Waals surface area (Å²) in [5.74, 6) is 4.80. The van der Waals surface area contributed by atoms with Crippen molar-refractivity contribution >= 4 is 0 Å². The summed E-state index contributed by atoms with van der Waals surface area (Å²) in [5, 5.41) is 0. The van der Waals surface area contributed by atoms with Gasteiger partial charge in [-0.15, -0.1) is 0 Å². The first-order valence-electron chi connectivity index (χ1n) is 16.8. The molecular weight excluding hydrogens is 484 g/mol. The van der Waals surface area contributed by atoms with Gasteiger partial charge in [0.15, 0.2) is 0 Å². The lowest BCUT2D eigenvalue weighted by Gasteiger charge is -2.39. The van der Waals surface area contributed by atoms with E-state index in [0.29, 0.717) is 18.8 Å². The van der Waals surface area contributed by atoms with Gasteiger partial charge in [0, 0.05) is 5.92 Å². The Balaban J connectivity index is 1.06. The van der Waals surface area contributed by atoms with Crippen molar-refractivity contribution in [2.24, 2.45) is 47.3 Å². The summed E-state index contributed by atoms with van der Waals surface area (Å²) in [6.07, 6.45) is 24.1. The molecule has 0 aromatic heterocycles. The summed E-state index contributed by atoms with van der Waals surface area (Å²) in [4.78, 5) is 0. The number of allylic oxidation sites excluding steroid dienone is 2. The number of halogens is 4. The smallest absolute Gasteiger partial charge is 0.212 e. The molecule has 0 aromatic carbocycles. The normalized spacial score (nSPS) is 37.8. The second-order valence-corrected chi connectivity index (χ2v) is 14.1. The van der Waals surface area contributed by atoms with Crippen molar-refractivity contribution in [1.82, 2.24) is 0 Å². The molecule has 0 nitrogen and oxygen atoms in total. The van der Waals surface area contributed by atoms with Crippen molar-refractivity contribution in [2.75, 3.05) is 0 Å². The minimum Gasteiger partial charge on any atom is -0.212 e. The number of hydrogen-bond acceptors (Lipinski definition) is 0. The maximum absolute atomic E-state index is 14.0. The number of alkyl halides is 3. The van der Waals surface area contributed by atoms with Crippen molar-refractivity contribution in [3.05, 3.63) is 11.9 Å². The van der Waals surface area contributed by atoms with Gasteiger partial charge in [-0.1, -0.05) is 84.0 Å². The summed E-state index contributed by atoms with van der Waals surface area (Å²) in [6, 6.07) is 0. The van der Waals surface area contributed by atoms with Gasteiger partial charge in [0.25, 0.3) is 0 Å². The average Bonchev–Trinajstić information content (AvgIpc) is 2.92. The van der Waals surface area contributed by atoms with E-state index >= 15 is 0 Å². The van der Waals surface area contributed by atoms with Gasteiger partial charge in [-0.2, -0.15) is 13.2 Å². The van der Waals surface area contributed by atoms with Gasteiger partial charge >= 0.3 is 6.18 Å². The van der Waals surface area contributed by atoms with Crippen LogP contribution in [0.15, 0.2) is 11.9 Å². The minimum absolute atomic E-state index is 0.115. The molecular formula is C34H56F4. The Hall–Kier alpha value is -0.540. The van der Waals surface area contributed by atoms with Crippen LogP contribution in [0, 0.1) is 47.3 Å². The molecule has 220 valence electrons. The van der Waals surface area contributed by atoms with Crippen LogP contribution in [0.4, 0.5) is 17.6 Å². The van der Waals surface area contributed by atoms with Gasteiger partial charge < -0.3 is 0 Å². The van der Waals surface area contributed by atoms with Crippen molar-refractivity contribution in [2.45, 2.75) is 154 Å². The van der Waals surface area contributed by atoms with Crippen molar-refractivity contribution < 1.29 is 17.6 Å². The van der Waals surface area contributed by atoms with Crippen molar-refractivity contribution in [1.29, 1.82) is 0 Å². The summed E-state index contributed by atoms with van der Waals surface area (Å²) in [6.45, 7) is 2.31. The van der Waals surface area contributed by atoms with Crippen LogP contribution in [-0.2, 0) is 0 Å². The largest absolute Gasteiger partial charge is 0.412 e. The summed E-state index contributed by atoms with van der Waals surface area (Å²) in [5.41, 5.74) is 0. The molecule has 4 saturated carbocycles. The summed E-state index contributed by atoms with van der Waals surface area (Å²) in [7, 11) is 0. The SMILES string of the molecule is CCCCCC1CCC(C2CCC(CCC3CCC(C4CCC(/C(F)=C/C(F)(F)F)CC4)CC3)CC2)CC1. The lowest BCUT2D eigenvalue weighted by Crippen LogP contribution is -2.27. The quantitative estimate of drug-likeness (QED) is 0.191. The van der Waals surface area contributed by atoms with Crippen LogP contribution < -0.4 is 0 Å². The van der Waals surface area contributed by atoms with E-state index < -0.39 is 17.9 Å². The summed E-state index contributed by atoms with van der Waals surface area (Å²) >= 11 is 0. The Morgan fingerprint density at radius 1 is 0.553 bits per heavy atom. The molecule has 0 unspecified atom stereocenters. The lowest BCUT2D eigenvalue weighted by molar-refractivity contribution is -0.0821. The molecule has 0 bridgehead atoms. The number of hydrogen-bond donors (Lipinski definition) is 0. The van der Waals surface area contributed by atoms with Crippen LogP contribution in [0.3, 0.4) is 0 Å². The Bertz CT molecular complexity index is 680. The molecule has 0 aliphatic heterocycles. The molecule has 4 aliphatic rings. The molecule has 0 N–H and O–H groups in total. The third-order valence-electron chi connectivity index (χ3n) is 11.7. The van der Waals surface area contributed by atoms with Crippen LogP contribution in [0.2, 0.25) is 0 Å². The maximum atomic E-state index is 14.0. The fraction of sp³-hybridized carbons (Fsp3) is 0.941. The minimum atomic E-state index is -4.54. The fourth-order valence-electron chi connectivity index (χ4n) is 9.14. The van der Waals surface area contributed by atoms with Crippen LogP contribution in [0.5, 0.6) is 0 Å². The second kappa shape index (κ2) is 14.9. The molecule has 4 rings (SSSR count). The molecule has 0 atom stereocenters. The average molecular weight is 541 g/mol. The first-order chi connectivity index (χ1) is 18.3. The maximum Gasteiger partial charge on any atom is 0.412 e. The van der Waals surface area contributed by atoms with Gasteiger partial charge in [0.1, 0.15) is 5.83 Å². The highest BCUT2D eigenvalue weighted by atomic mass is 19.4. The Labute approximate surface area is 231 Å². The van der Waals surface area contributed by atoms with E-state index in [2.05, 4.69) is 6.92 Å². The van der Waals surface area contributed by atoms with Crippen molar-refractivity contribution in [3.63, 3.8) is 0 Å². The molecule has 4 heteroatoms. The fourth-order valence-corrected chi connectivity index (χ4v) is 9.14. The van der Waals surface area contributed by atoms with Crippen molar-refractivity contribution in [3.8, 4) is 0 Å². The topological polar surface area (TPSA) is 0 Å². The van der Waals surface area contributed by atoms with E-state index in [0.717, 1.165) is 48.3 Å². The van der Waals surface area contributed by atoms with Gasteiger partial charge in [0.2, 0.25) is 0 Å².